The summed E-state index contributed by atoms with van der Waals surface area (Å²) in [6.07, 6.45) is 16.5. The summed E-state index contributed by atoms with van der Waals surface area (Å²) in [5, 5.41) is 0. The van der Waals surface area contributed by atoms with Gasteiger partial charge in [-0.1, -0.05) is 31.4 Å². The van der Waals surface area contributed by atoms with Crippen LogP contribution >= 0.6 is 0 Å². The van der Waals surface area contributed by atoms with Crippen molar-refractivity contribution in [3.63, 3.8) is 0 Å². The van der Waals surface area contributed by atoms with E-state index in [0.29, 0.717) is 0 Å². The summed E-state index contributed by atoms with van der Waals surface area (Å²) in [7, 11) is 0. The van der Waals surface area contributed by atoms with Crippen molar-refractivity contribution in [1.82, 2.24) is 0 Å². The highest BCUT2D eigenvalue weighted by Crippen LogP contribution is 2.36. The van der Waals surface area contributed by atoms with Gasteiger partial charge < -0.3 is 0 Å². The lowest BCUT2D eigenvalue weighted by atomic mass is 9.74. The second-order valence-electron chi connectivity index (χ2n) is 4.44. The minimum Gasteiger partial charge on any atom is -0.0885 e. The molecule has 0 N–H and O–H groups in total. The van der Waals surface area contributed by atoms with Crippen LogP contribution in [0, 0.1) is 11.8 Å². The first-order valence-corrected chi connectivity index (χ1v) is 5.62. The van der Waals surface area contributed by atoms with E-state index in [2.05, 4.69) is 12.2 Å². The molecule has 2 aliphatic rings. The lowest BCUT2D eigenvalue weighted by molar-refractivity contribution is 0.219. The topological polar surface area (TPSA) is 0 Å². The van der Waals surface area contributed by atoms with Crippen LogP contribution in [-0.4, -0.2) is 0 Å². The molecule has 0 heterocycles. The van der Waals surface area contributed by atoms with Crippen LogP contribution in [0.3, 0.4) is 0 Å². The monoisotopic (exact) mass is 164 g/mol. The molecule has 0 aromatic heterocycles. The highest BCUT2D eigenvalue weighted by Gasteiger charge is 2.23. The predicted molar refractivity (Wildman–Crippen MR) is 53.1 cm³/mol. The Bertz CT molecular complexity index is 157. The molecule has 0 aromatic carbocycles. The molecule has 0 saturated heterocycles. The van der Waals surface area contributed by atoms with E-state index >= 15 is 0 Å². The van der Waals surface area contributed by atoms with Crippen molar-refractivity contribution in [2.75, 3.05) is 0 Å². The minimum atomic E-state index is 1.05. The van der Waals surface area contributed by atoms with Gasteiger partial charge in [-0.15, -0.1) is 0 Å². The molecule has 0 heteroatoms. The van der Waals surface area contributed by atoms with Crippen LogP contribution in [-0.2, 0) is 0 Å². The minimum absolute atomic E-state index is 1.05. The first kappa shape index (κ1) is 8.34. The average Bonchev–Trinajstić information content (AvgIpc) is 2.06. The van der Waals surface area contributed by atoms with Crippen LogP contribution in [0.2, 0.25) is 0 Å². The second-order valence-corrected chi connectivity index (χ2v) is 4.44. The molecular weight excluding hydrogens is 144 g/mol. The molecule has 1 saturated carbocycles. The maximum atomic E-state index is 2.43. The molecule has 2 atom stereocenters. The third kappa shape index (κ3) is 1.91. The van der Waals surface area contributed by atoms with Crippen LogP contribution in [0.25, 0.3) is 0 Å². The molecule has 2 rings (SSSR count). The van der Waals surface area contributed by atoms with Gasteiger partial charge in [0.2, 0.25) is 0 Å². The SMILES string of the molecule is C1=CCC2CCCCC2CCC1. The highest BCUT2D eigenvalue weighted by atomic mass is 14.3. The molecule has 0 aromatic rings. The summed E-state index contributed by atoms with van der Waals surface area (Å²) in [6, 6.07) is 0. The molecule has 0 spiro atoms. The smallest absolute Gasteiger partial charge is 0.0320 e. The van der Waals surface area contributed by atoms with Crippen LogP contribution in [0.1, 0.15) is 51.4 Å². The number of hydrogen-bond acceptors (Lipinski definition) is 0. The van der Waals surface area contributed by atoms with Gasteiger partial charge in [0.25, 0.3) is 0 Å². The summed E-state index contributed by atoms with van der Waals surface area (Å²) in [4.78, 5) is 0. The van der Waals surface area contributed by atoms with E-state index in [4.69, 9.17) is 0 Å². The number of allylic oxidation sites excluding steroid dienone is 2. The van der Waals surface area contributed by atoms with Gasteiger partial charge in [0.1, 0.15) is 0 Å². The van der Waals surface area contributed by atoms with E-state index in [1.807, 2.05) is 0 Å². The fourth-order valence-electron chi connectivity index (χ4n) is 2.86. The quantitative estimate of drug-likeness (QED) is 0.476. The van der Waals surface area contributed by atoms with E-state index in [0.717, 1.165) is 11.8 Å². The standard InChI is InChI=1S/C12H20/c1-2-4-8-12-10-6-5-9-11(12)7-3-1/h1,3,11-12H,2,4-10H2. The fourth-order valence-corrected chi connectivity index (χ4v) is 2.86. The van der Waals surface area contributed by atoms with E-state index in [-0.39, 0.29) is 0 Å². The van der Waals surface area contributed by atoms with Crippen molar-refractivity contribution in [2.24, 2.45) is 11.8 Å². The van der Waals surface area contributed by atoms with Gasteiger partial charge in [-0.25, -0.2) is 0 Å². The molecule has 68 valence electrons. The van der Waals surface area contributed by atoms with Gasteiger partial charge in [-0.05, 0) is 43.9 Å². The zero-order valence-corrected chi connectivity index (χ0v) is 7.97. The van der Waals surface area contributed by atoms with Crippen LogP contribution in [0.15, 0.2) is 12.2 Å². The van der Waals surface area contributed by atoms with Crippen molar-refractivity contribution in [3.05, 3.63) is 12.2 Å². The first-order valence-electron chi connectivity index (χ1n) is 5.62. The highest BCUT2D eigenvalue weighted by molar-refractivity contribution is 4.90. The lowest BCUT2D eigenvalue weighted by Crippen LogP contribution is -2.19. The summed E-state index contributed by atoms with van der Waals surface area (Å²) < 4.78 is 0. The van der Waals surface area contributed by atoms with Gasteiger partial charge in [0, 0.05) is 0 Å². The third-order valence-corrected chi connectivity index (χ3v) is 3.62. The van der Waals surface area contributed by atoms with Crippen LogP contribution < -0.4 is 0 Å². The molecular formula is C12H20. The number of fused-ring (bicyclic) bond motifs is 1. The Balaban J connectivity index is 1.97. The van der Waals surface area contributed by atoms with Gasteiger partial charge in [-0.3, -0.25) is 0 Å². The largest absolute Gasteiger partial charge is 0.0885 e. The van der Waals surface area contributed by atoms with Crippen molar-refractivity contribution >= 4 is 0 Å². The number of hydrogen-bond donors (Lipinski definition) is 0. The molecule has 0 aliphatic heterocycles. The normalized spacial score (nSPS) is 36.7. The van der Waals surface area contributed by atoms with E-state index in [1.165, 1.54) is 51.4 Å². The third-order valence-electron chi connectivity index (χ3n) is 3.62. The fraction of sp³-hybridized carbons (Fsp3) is 0.833. The Kier molecular flexibility index (Phi) is 2.86. The van der Waals surface area contributed by atoms with Crippen molar-refractivity contribution < 1.29 is 0 Å². The van der Waals surface area contributed by atoms with Crippen molar-refractivity contribution in [3.8, 4) is 0 Å². The maximum Gasteiger partial charge on any atom is -0.0320 e. The van der Waals surface area contributed by atoms with Crippen LogP contribution in [0.4, 0.5) is 0 Å². The predicted octanol–water partition coefficient (Wildman–Crippen LogP) is 3.92. The zero-order chi connectivity index (χ0) is 8.23. The molecule has 0 bridgehead atoms. The molecule has 0 amide bonds. The Labute approximate surface area is 76.1 Å². The van der Waals surface area contributed by atoms with E-state index in [1.54, 1.807) is 0 Å². The van der Waals surface area contributed by atoms with Crippen molar-refractivity contribution in [2.45, 2.75) is 51.4 Å². The molecule has 2 aliphatic carbocycles. The first-order chi connectivity index (χ1) is 5.97. The maximum absolute atomic E-state index is 2.43. The summed E-state index contributed by atoms with van der Waals surface area (Å²) in [5.41, 5.74) is 0. The van der Waals surface area contributed by atoms with Gasteiger partial charge in [0.05, 0.1) is 0 Å². The molecule has 1 fully saturated rings. The Morgan fingerprint density at radius 1 is 0.750 bits per heavy atom. The lowest BCUT2D eigenvalue weighted by Gasteiger charge is -2.31. The zero-order valence-electron chi connectivity index (χ0n) is 7.97. The average molecular weight is 164 g/mol. The molecule has 0 radical (unpaired) electrons. The van der Waals surface area contributed by atoms with E-state index in [9.17, 15) is 0 Å². The Morgan fingerprint density at radius 3 is 2.42 bits per heavy atom. The Hall–Kier alpha value is -0.260. The van der Waals surface area contributed by atoms with Gasteiger partial charge in [-0.2, -0.15) is 0 Å². The van der Waals surface area contributed by atoms with Crippen molar-refractivity contribution in [1.29, 1.82) is 0 Å². The number of rotatable bonds is 0. The second kappa shape index (κ2) is 4.11. The summed E-state index contributed by atoms with van der Waals surface area (Å²) >= 11 is 0. The van der Waals surface area contributed by atoms with E-state index < -0.39 is 0 Å². The molecule has 12 heavy (non-hydrogen) atoms. The van der Waals surface area contributed by atoms with Crippen LogP contribution in [0.5, 0.6) is 0 Å². The molecule has 0 nitrogen and oxygen atoms in total. The summed E-state index contributed by atoms with van der Waals surface area (Å²) in [6.45, 7) is 0. The summed E-state index contributed by atoms with van der Waals surface area (Å²) in [5.74, 6) is 2.14. The Morgan fingerprint density at radius 2 is 1.50 bits per heavy atom. The molecule has 2 unspecified atom stereocenters. The van der Waals surface area contributed by atoms with Gasteiger partial charge in [0.15, 0.2) is 0 Å². The van der Waals surface area contributed by atoms with Gasteiger partial charge >= 0.3 is 0 Å².